The fourth-order valence-electron chi connectivity index (χ4n) is 4.86. The van der Waals surface area contributed by atoms with Gasteiger partial charge in [-0.1, -0.05) is 13.8 Å². The lowest BCUT2D eigenvalue weighted by Crippen LogP contribution is -2.69. The van der Waals surface area contributed by atoms with Gasteiger partial charge in [-0.25, -0.2) is 4.39 Å². The van der Waals surface area contributed by atoms with Crippen LogP contribution in [0.3, 0.4) is 0 Å². The second-order valence-corrected chi connectivity index (χ2v) is 7.87. The van der Waals surface area contributed by atoms with E-state index in [1.54, 1.807) is 6.07 Å². The van der Waals surface area contributed by atoms with E-state index in [2.05, 4.69) is 23.7 Å². The van der Waals surface area contributed by atoms with Gasteiger partial charge in [0.05, 0.1) is 6.42 Å². The summed E-state index contributed by atoms with van der Waals surface area (Å²) in [7, 11) is 0. The molecule has 3 heterocycles. The number of carbonyl (C=O) groups excluding carboxylic acids is 1. The number of nitrogens with one attached hydrogen (secondary N) is 1. The van der Waals surface area contributed by atoms with Gasteiger partial charge < -0.3 is 14.6 Å². The number of hydrogen-bond acceptors (Lipinski definition) is 2. The molecule has 4 rings (SSSR count). The van der Waals surface area contributed by atoms with Crippen LogP contribution in [-0.2, 0) is 16.0 Å². The number of aromatic amines is 1. The van der Waals surface area contributed by atoms with E-state index in [-0.39, 0.29) is 17.1 Å². The number of likely N-dealkylation sites (tertiary alicyclic amines) is 1. The molecule has 1 N–H and O–H groups in total. The molecule has 2 aromatic rings. The van der Waals surface area contributed by atoms with Crippen LogP contribution in [-0.4, -0.2) is 41.6 Å². The number of nitrogens with zero attached hydrogens (tertiary/aromatic N) is 1. The minimum absolute atomic E-state index is 0.168. The smallest absolute Gasteiger partial charge is 0.227 e. The van der Waals surface area contributed by atoms with Crippen molar-refractivity contribution in [1.82, 2.24) is 9.88 Å². The molecule has 0 bridgehead atoms. The molecule has 2 aliphatic rings. The highest BCUT2D eigenvalue weighted by molar-refractivity contribution is 5.89. The first kappa shape index (κ1) is 16.6. The van der Waals surface area contributed by atoms with E-state index < -0.39 is 0 Å². The number of amides is 1. The monoisotopic (exact) mass is 344 g/mol. The summed E-state index contributed by atoms with van der Waals surface area (Å²) in [5.41, 5.74) is 1.92. The maximum atomic E-state index is 13.3. The van der Waals surface area contributed by atoms with Crippen molar-refractivity contribution < 1.29 is 13.9 Å². The zero-order valence-electron chi connectivity index (χ0n) is 14.8. The standard InChI is InChI=1S/C20H25FN2O2/c1-13(2)19-20(5-7-25-8-6-20)12-23(19)18(24)9-14-11-22-17-10-15(21)3-4-16(14)17/h3-4,10-11,13,19,22H,5-9,12H2,1-2H3. The van der Waals surface area contributed by atoms with Crippen LogP contribution in [0.5, 0.6) is 0 Å². The summed E-state index contributed by atoms with van der Waals surface area (Å²) in [6.45, 7) is 6.86. The summed E-state index contributed by atoms with van der Waals surface area (Å²) in [6.07, 6.45) is 4.29. The molecule has 2 aliphatic heterocycles. The van der Waals surface area contributed by atoms with Crippen LogP contribution >= 0.6 is 0 Å². The summed E-state index contributed by atoms with van der Waals surface area (Å²) in [4.78, 5) is 18.1. The number of H-pyrrole nitrogens is 1. The molecule has 134 valence electrons. The highest BCUT2D eigenvalue weighted by Crippen LogP contribution is 2.49. The average Bonchev–Trinajstić information content (AvgIpc) is 2.95. The second-order valence-electron chi connectivity index (χ2n) is 7.87. The molecule has 1 aromatic heterocycles. The van der Waals surface area contributed by atoms with E-state index >= 15 is 0 Å². The van der Waals surface area contributed by atoms with Gasteiger partial charge in [0.2, 0.25) is 5.91 Å². The Labute approximate surface area is 147 Å². The largest absolute Gasteiger partial charge is 0.381 e. The second kappa shape index (κ2) is 6.13. The van der Waals surface area contributed by atoms with Gasteiger partial charge in [-0.3, -0.25) is 4.79 Å². The molecule has 4 nitrogen and oxygen atoms in total. The van der Waals surface area contributed by atoms with Gasteiger partial charge in [-0.15, -0.1) is 0 Å². The fourth-order valence-corrected chi connectivity index (χ4v) is 4.86. The molecule has 0 aliphatic carbocycles. The summed E-state index contributed by atoms with van der Waals surface area (Å²) >= 11 is 0. The molecule has 1 amide bonds. The Balaban J connectivity index is 1.52. The Morgan fingerprint density at radius 3 is 2.88 bits per heavy atom. The lowest BCUT2D eigenvalue weighted by atomic mass is 9.62. The van der Waals surface area contributed by atoms with Crippen molar-refractivity contribution >= 4 is 16.8 Å². The van der Waals surface area contributed by atoms with Crippen molar-refractivity contribution in [2.45, 2.75) is 39.2 Å². The first-order valence-corrected chi connectivity index (χ1v) is 9.13. The van der Waals surface area contributed by atoms with Crippen LogP contribution in [0.25, 0.3) is 10.9 Å². The first-order chi connectivity index (χ1) is 12.0. The average molecular weight is 344 g/mol. The van der Waals surface area contributed by atoms with Gasteiger partial charge >= 0.3 is 0 Å². The third kappa shape index (κ3) is 2.74. The predicted molar refractivity (Wildman–Crippen MR) is 94.8 cm³/mol. The summed E-state index contributed by atoms with van der Waals surface area (Å²) in [5, 5.41) is 0.928. The summed E-state index contributed by atoms with van der Waals surface area (Å²) < 4.78 is 18.9. The minimum atomic E-state index is -0.267. The van der Waals surface area contributed by atoms with E-state index in [0.717, 1.165) is 49.1 Å². The molecule has 25 heavy (non-hydrogen) atoms. The topological polar surface area (TPSA) is 45.3 Å². The molecule has 1 atom stereocenters. The predicted octanol–water partition coefficient (Wildman–Crippen LogP) is 3.51. The van der Waals surface area contributed by atoms with Crippen molar-refractivity contribution in [1.29, 1.82) is 0 Å². The Bertz CT molecular complexity index is 792. The molecule has 5 heteroatoms. The number of fused-ring (bicyclic) bond motifs is 1. The number of carbonyl (C=O) groups is 1. The number of benzene rings is 1. The maximum Gasteiger partial charge on any atom is 0.227 e. The van der Waals surface area contributed by atoms with E-state index in [1.807, 2.05) is 6.20 Å². The maximum absolute atomic E-state index is 13.3. The normalized spacial score (nSPS) is 22.6. The van der Waals surface area contributed by atoms with Gasteiger partial charge in [0.25, 0.3) is 0 Å². The van der Waals surface area contributed by atoms with E-state index in [9.17, 15) is 9.18 Å². The van der Waals surface area contributed by atoms with Crippen molar-refractivity contribution in [3.05, 3.63) is 35.8 Å². The zero-order chi connectivity index (χ0) is 17.6. The molecule has 1 unspecified atom stereocenters. The van der Waals surface area contributed by atoms with Crippen LogP contribution in [0, 0.1) is 17.2 Å². The molecule has 2 fully saturated rings. The molecular weight excluding hydrogens is 319 g/mol. The Kier molecular flexibility index (Phi) is 4.07. The van der Waals surface area contributed by atoms with E-state index in [1.165, 1.54) is 12.1 Å². The molecule has 0 radical (unpaired) electrons. The SMILES string of the molecule is CC(C)C1N(C(=O)Cc2c[nH]c3cc(F)ccc23)CC12CCOCC2. The lowest BCUT2D eigenvalue weighted by molar-refractivity contribution is -0.174. The van der Waals surface area contributed by atoms with E-state index in [4.69, 9.17) is 4.74 Å². The van der Waals surface area contributed by atoms with Gasteiger partial charge in [0.1, 0.15) is 5.82 Å². The van der Waals surface area contributed by atoms with Crippen molar-refractivity contribution in [3.8, 4) is 0 Å². The molecule has 2 saturated heterocycles. The Morgan fingerprint density at radius 1 is 1.40 bits per heavy atom. The highest BCUT2D eigenvalue weighted by atomic mass is 19.1. The van der Waals surface area contributed by atoms with Crippen LogP contribution in [0.4, 0.5) is 4.39 Å². The number of aromatic nitrogens is 1. The van der Waals surface area contributed by atoms with Gasteiger partial charge in [-0.2, -0.15) is 0 Å². The quantitative estimate of drug-likeness (QED) is 0.926. The molecule has 1 spiro atoms. The zero-order valence-corrected chi connectivity index (χ0v) is 14.8. The fraction of sp³-hybridized carbons (Fsp3) is 0.550. The Hall–Kier alpha value is -1.88. The summed E-state index contributed by atoms with van der Waals surface area (Å²) in [6, 6.07) is 4.97. The molecule has 0 saturated carbocycles. The van der Waals surface area contributed by atoms with Crippen LogP contribution in [0.15, 0.2) is 24.4 Å². The number of hydrogen-bond donors (Lipinski definition) is 1. The third-order valence-corrected chi connectivity index (χ3v) is 5.96. The highest BCUT2D eigenvalue weighted by Gasteiger charge is 2.55. The number of ether oxygens (including phenoxy) is 1. The van der Waals surface area contributed by atoms with Crippen LogP contribution < -0.4 is 0 Å². The van der Waals surface area contributed by atoms with Gasteiger partial charge in [0.15, 0.2) is 0 Å². The lowest BCUT2D eigenvalue weighted by Gasteiger charge is -2.61. The van der Waals surface area contributed by atoms with E-state index in [0.29, 0.717) is 18.4 Å². The van der Waals surface area contributed by atoms with Crippen molar-refractivity contribution in [2.75, 3.05) is 19.8 Å². The molecular formula is C20H25FN2O2. The first-order valence-electron chi connectivity index (χ1n) is 9.13. The number of halogens is 1. The Morgan fingerprint density at radius 2 is 2.16 bits per heavy atom. The van der Waals surface area contributed by atoms with Crippen LogP contribution in [0.1, 0.15) is 32.3 Å². The number of rotatable bonds is 3. The van der Waals surface area contributed by atoms with Crippen molar-refractivity contribution in [2.24, 2.45) is 11.3 Å². The molecule has 1 aromatic carbocycles. The third-order valence-electron chi connectivity index (χ3n) is 5.96. The van der Waals surface area contributed by atoms with Crippen molar-refractivity contribution in [3.63, 3.8) is 0 Å². The van der Waals surface area contributed by atoms with Crippen LogP contribution in [0.2, 0.25) is 0 Å². The van der Waals surface area contributed by atoms with Gasteiger partial charge in [-0.05, 0) is 42.5 Å². The minimum Gasteiger partial charge on any atom is -0.381 e. The summed E-state index contributed by atoms with van der Waals surface area (Å²) in [5.74, 6) is 0.338. The van der Waals surface area contributed by atoms with Gasteiger partial charge in [0, 0.05) is 48.3 Å².